The maximum absolute atomic E-state index is 13.7. The van der Waals surface area contributed by atoms with Gasteiger partial charge in [-0.15, -0.1) is 0 Å². The fourth-order valence-electron chi connectivity index (χ4n) is 4.57. The summed E-state index contributed by atoms with van der Waals surface area (Å²) < 4.78 is 39.8. The largest absolute Gasteiger partial charge is 0.393 e. The number of amides is 1. The van der Waals surface area contributed by atoms with Crippen molar-refractivity contribution in [3.05, 3.63) is 65.2 Å². The van der Waals surface area contributed by atoms with Gasteiger partial charge in [0.1, 0.15) is 0 Å². The van der Waals surface area contributed by atoms with Crippen molar-refractivity contribution in [1.82, 2.24) is 9.80 Å². The van der Waals surface area contributed by atoms with Crippen LogP contribution in [0.15, 0.2) is 48.5 Å². The van der Waals surface area contributed by atoms with E-state index in [9.17, 15) is 23.2 Å². The number of nitrogens with zero attached hydrogens (tertiary/aromatic N) is 4. The molecule has 168 valence electrons. The van der Waals surface area contributed by atoms with Gasteiger partial charge in [0.15, 0.2) is 0 Å². The van der Waals surface area contributed by atoms with Crippen LogP contribution < -0.4 is 4.90 Å². The third-order valence-corrected chi connectivity index (χ3v) is 6.38. The number of hydrogen-bond donors (Lipinski definition) is 0. The van der Waals surface area contributed by atoms with Gasteiger partial charge in [-0.25, -0.2) is 0 Å². The second kappa shape index (κ2) is 8.83. The third-order valence-electron chi connectivity index (χ3n) is 6.38. The maximum atomic E-state index is 13.7. The van der Waals surface area contributed by atoms with Crippen LogP contribution >= 0.6 is 0 Å². The average molecular weight is 442 g/mol. The van der Waals surface area contributed by atoms with Crippen LogP contribution in [0.3, 0.4) is 0 Å². The van der Waals surface area contributed by atoms with Crippen molar-refractivity contribution in [3.63, 3.8) is 0 Å². The number of rotatable bonds is 3. The summed E-state index contributed by atoms with van der Waals surface area (Å²) in [7, 11) is 2.01. The van der Waals surface area contributed by atoms with E-state index >= 15 is 0 Å². The molecule has 2 aromatic carbocycles. The van der Waals surface area contributed by atoms with Gasteiger partial charge >= 0.3 is 6.18 Å². The molecule has 2 atom stereocenters. The Morgan fingerprint density at radius 2 is 1.81 bits per heavy atom. The zero-order chi connectivity index (χ0) is 22.9. The molecule has 0 saturated carbocycles. The quantitative estimate of drug-likeness (QED) is 0.719. The molecule has 8 heteroatoms. The number of halogens is 3. The molecule has 2 saturated heterocycles. The highest BCUT2D eigenvalue weighted by Crippen LogP contribution is 2.38. The molecule has 2 aliphatic heterocycles. The van der Waals surface area contributed by atoms with Gasteiger partial charge in [-0.1, -0.05) is 30.3 Å². The standard InChI is InChI=1S/C24H25F3N4O/c1-29-11-12-31(22(16-29)18-5-3-2-4-6-18)23(32)20-8-7-17(14-28)13-21(20)30-10-9-19(15-30)24(25,26)27/h2-8,13,19,22H,9-12,15-16H2,1H3. The van der Waals surface area contributed by atoms with Gasteiger partial charge in [0, 0.05) is 32.7 Å². The molecule has 0 aliphatic carbocycles. The average Bonchev–Trinajstić information content (AvgIpc) is 3.30. The Morgan fingerprint density at radius 1 is 1.06 bits per heavy atom. The molecule has 0 spiro atoms. The highest BCUT2D eigenvalue weighted by Gasteiger charge is 2.44. The molecule has 0 bridgehead atoms. The van der Waals surface area contributed by atoms with Gasteiger partial charge in [0.25, 0.3) is 5.91 Å². The van der Waals surface area contributed by atoms with Crippen molar-refractivity contribution in [3.8, 4) is 6.07 Å². The summed E-state index contributed by atoms with van der Waals surface area (Å²) in [5, 5.41) is 9.33. The Hall–Kier alpha value is -3.05. The minimum absolute atomic E-state index is 0.0188. The smallest absolute Gasteiger partial charge is 0.370 e. The molecular weight excluding hydrogens is 417 g/mol. The highest BCUT2D eigenvalue weighted by molar-refractivity contribution is 6.00. The van der Waals surface area contributed by atoms with E-state index in [1.54, 1.807) is 28.0 Å². The summed E-state index contributed by atoms with van der Waals surface area (Å²) in [6.07, 6.45) is -4.29. The number of alkyl halides is 3. The molecule has 2 heterocycles. The predicted octanol–water partition coefficient (Wildman–Crippen LogP) is 4.08. The Balaban J connectivity index is 1.68. The van der Waals surface area contributed by atoms with E-state index in [2.05, 4.69) is 4.90 Å². The van der Waals surface area contributed by atoms with Crippen LogP contribution in [-0.2, 0) is 0 Å². The normalized spacial score (nSPS) is 22.1. The van der Waals surface area contributed by atoms with Crippen LogP contribution in [0.25, 0.3) is 0 Å². The van der Waals surface area contributed by atoms with Crippen LogP contribution in [-0.4, -0.2) is 61.7 Å². The van der Waals surface area contributed by atoms with E-state index in [-0.39, 0.29) is 31.5 Å². The summed E-state index contributed by atoms with van der Waals surface area (Å²) in [6.45, 7) is 1.88. The fraction of sp³-hybridized carbons (Fsp3) is 0.417. The van der Waals surface area contributed by atoms with E-state index in [0.29, 0.717) is 36.4 Å². The summed E-state index contributed by atoms with van der Waals surface area (Å²) >= 11 is 0. The topological polar surface area (TPSA) is 50.6 Å². The number of nitriles is 1. The lowest BCUT2D eigenvalue weighted by Crippen LogP contribution is -2.49. The Kier molecular flexibility index (Phi) is 6.11. The van der Waals surface area contributed by atoms with Crippen molar-refractivity contribution in [1.29, 1.82) is 5.26 Å². The zero-order valence-corrected chi connectivity index (χ0v) is 17.8. The Morgan fingerprint density at radius 3 is 2.47 bits per heavy atom. The zero-order valence-electron chi connectivity index (χ0n) is 17.8. The molecule has 0 aromatic heterocycles. The van der Waals surface area contributed by atoms with Crippen LogP contribution in [0.4, 0.5) is 18.9 Å². The van der Waals surface area contributed by atoms with E-state index in [1.165, 1.54) is 0 Å². The number of benzene rings is 2. The summed E-state index contributed by atoms with van der Waals surface area (Å²) in [4.78, 5) is 19.3. The van der Waals surface area contributed by atoms with E-state index in [0.717, 1.165) is 5.56 Å². The Bertz CT molecular complexity index is 1020. The highest BCUT2D eigenvalue weighted by atomic mass is 19.4. The SMILES string of the molecule is CN1CCN(C(=O)c2ccc(C#N)cc2N2CCC(C(F)(F)F)C2)C(c2ccccc2)C1. The third kappa shape index (κ3) is 4.44. The first-order chi connectivity index (χ1) is 15.3. The number of piperazine rings is 1. The number of carbonyl (C=O) groups excluding carboxylic acids is 1. The number of carbonyl (C=O) groups is 1. The molecule has 5 nitrogen and oxygen atoms in total. The van der Waals surface area contributed by atoms with Gasteiger partial charge in [0.05, 0.1) is 34.8 Å². The van der Waals surface area contributed by atoms with Crippen molar-refractivity contribution >= 4 is 11.6 Å². The van der Waals surface area contributed by atoms with Crippen LogP contribution in [0, 0.1) is 17.2 Å². The van der Waals surface area contributed by atoms with Crippen LogP contribution in [0.2, 0.25) is 0 Å². The number of likely N-dealkylation sites (N-methyl/N-ethyl adjacent to an activating group) is 1. The number of anilines is 1. The lowest BCUT2D eigenvalue weighted by atomic mass is 10.00. The Labute approximate surface area is 185 Å². The lowest BCUT2D eigenvalue weighted by molar-refractivity contribution is -0.168. The van der Waals surface area contributed by atoms with Crippen molar-refractivity contribution in [2.45, 2.75) is 18.6 Å². The van der Waals surface area contributed by atoms with Gasteiger partial charge in [-0.2, -0.15) is 18.4 Å². The van der Waals surface area contributed by atoms with Crippen LogP contribution in [0.1, 0.15) is 33.9 Å². The van der Waals surface area contributed by atoms with Gasteiger partial charge in [-0.05, 0) is 37.2 Å². The van der Waals surface area contributed by atoms with E-state index in [4.69, 9.17) is 0 Å². The fourth-order valence-corrected chi connectivity index (χ4v) is 4.57. The molecule has 1 amide bonds. The van der Waals surface area contributed by atoms with Crippen molar-refractivity contribution in [2.75, 3.05) is 44.7 Å². The monoisotopic (exact) mass is 442 g/mol. The van der Waals surface area contributed by atoms with Crippen molar-refractivity contribution in [2.24, 2.45) is 5.92 Å². The van der Waals surface area contributed by atoms with Gasteiger partial charge < -0.3 is 14.7 Å². The summed E-state index contributed by atoms with van der Waals surface area (Å²) in [5.74, 6) is -1.65. The molecule has 2 fully saturated rings. The summed E-state index contributed by atoms with van der Waals surface area (Å²) in [6, 6.07) is 16.3. The first kappa shape index (κ1) is 22.2. The lowest BCUT2D eigenvalue weighted by Gasteiger charge is -2.41. The molecule has 2 unspecified atom stereocenters. The number of hydrogen-bond acceptors (Lipinski definition) is 4. The molecule has 32 heavy (non-hydrogen) atoms. The second-order valence-corrected chi connectivity index (χ2v) is 8.50. The molecular formula is C24H25F3N4O. The summed E-state index contributed by atoms with van der Waals surface area (Å²) in [5.41, 5.74) is 2.09. The van der Waals surface area contributed by atoms with E-state index < -0.39 is 12.1 Å². The van der Waals surface area contributed by atoms with E-state index in [1.807, 2.05) is 43.4 Å². The minimum Gasteiger partial charge on any atom is -0.370 e. The first-order valence-corrected chi connectivity index (χ1v) is 10.7. The molecule has 4 rings (SSSR count). The van der Waals surface area contributed by atoms with Gasteiger partial charge in [0.2, 0.25) is 0 Å². The maximum Gasteiger partial charge on any atom is 0.393 e. The second-order valence-electron chi connectivity index (χ2n) is 8.50. The molecule has 2 aromatic rings. The predicted molar refractivity (Wildman–Crippen MR) is 115 cm³/mol. The molecule has 0 radical (unpaired) electrons. The minimum atomic E-state index is -4.28. The molecule has 2 aliphatic rings. The van der Waals surface area contributed by atoms with Gasteiger partial charge in [-0.3, -0.25) is 4.79 Å². The first-order valence-electron chi connectivity index (χ1n) is 10.7. The van der Waals surface area contributed by atoms with Crippen LogP contribution in [0.5, 0.6) is 0 Å². The van der Waals surface area contributed by atoms with Crippen molar-refractivity contribution < 1.29 is 18.0 Å². The molecule has 0 N–H and O–H groups in total.